The summed E-state index contributed by atoms with van der Waals surface area (Å²) < 4.78 is 5.59. The number of ketones is 1. The Morgan fingerprint density at radius 2 is 2.19 bits per heavy atom. The lowest BCUT2D eigenvalue weighted by molar-refractivity contribution is -0.115. The maximum Gasteiger partial charge on any atom is 0.187 e. The number of carbonyl (C=O) groups excluding carboxylic acids is 1. The summed E-state index contributed by atoms with van der Waals surface area (Å²) in [4.78, 5) is 20.7. The summed E-state index contributed by atoms with van der Waals surface area (Å²) in [7, 11) is 0. The molecule has 0 radical (unpaired) electrons. The van der Waals surface area contributed by atoms with Crippen molar-refractivity contribution in [2.75, 3.05) is 19.5 Å². The van der Waals surface area contributed by atoms with Crippen LogP contribution in [0.4, 0.5) is 0 Å². The van der Waals surface area contributed by atoms with Crippen molar-refractivity contribution in [2.24, 2.45) is 0 Å². The van der Waals surface area contributed by atoms with Crippen LogP contribution in [0.2, 0.25) is 0 Å². The molecule has 1 aromatic heterocycles. The van der Waals surface area contributed by atoms with Crippen LogP contribution in [0.3, 0.4) is 0 Å². The minimum atomic E-state index is 0.107. The Hall–Kier alpha value is -1.20. The number of carbonyl (C=O) groups is 1. The van der Waals surface area contributed by atoms with Crippen LogP contribution < -0.4 is 0 Å². The van der Waals surface area contributed by atoms with E-state index in [9.17, 15) is 4.79 Å². The van der Waals surface area contributed by atoms with Gasteiger partial charge in [-0.15, -0.1) is 0 Å². The first-order valence-electron chi connectivity index (χ1n) is 7.31. The Balaban J connectivity index is 2.93. The maximum absolute atomic E-state index is 12.0. The van der Waals surface area contributed by atoms with Crippen molar-refractivity contribution >= 4 is 23.6 Å². The van der Waals surface area contributed by atoms with E-state index in [4.69, 9.17) is 4.74 Å². The highest BCUT2D eigenvalue weighted by Crippen LogP contribution is 2.15. The third kappa shape index (κ3) is 5.98. The minimum absolute atomic E-state index is 0.107. The topological polar surface area (TPSA) is 52.1 Å². The number of thioether (sulfide) groups is 1. The monoisotopic (exact) mass is 308 g/mol. The summed E-state index contributed by atoms with van der Waals surface area (Å²) in [5.41, 5.74) is 2.44. The van der Waals surface area contributed by atoms with Crippen molar-refractivity contribution in [3.63, 3.8) is 0 Å². The Kier molecular flexibility index (Phi) is 8.23. The fourth-order valence-corrected chi connectivity index (χ4v) is 2.05. The van der Waals surface area contributed by atoms with Crippen LogP contribution in [0.15, 0.2) is 16.9 Å². The first kappa shape index (κ1) is 17.9. The van der Waals surface area contributed by atoms with Crippen LogP contribution in [0.1, 0.15) is 44.4 Å². The van der Waals surface area contributed by atoms with E-state index < -0.39 is 0 Å². The summed E-state index contributed by atoms with van der Waals surface area (Å²) in [6.45, 7) is 6.96. The number of unbranched alkanes of at least 4 members (excludes halogenated alkanes) is 1. The van der Waals surface area contributed by atoms with Gasteiger partial charge in [0.25, 0.3) is 0 Å². The Bertz CT molecular complexity index is 501. The molecule has 0 saturated heterocycles. The van der Waals surface area contributed by atoms with E-state index in [-0.39, 0.29) is 5.78 Å². The highest BCUT2D eigenvalue weighted by Gasteiger charge is 2.10. The lowest BCUT2D eigenvalue weighted by Gasteiger charge is -2.08. The number of Topliss-reactive ketones (excluding diaryl/α,β-unsaturated/α-hetero) is 1. The predicted octanol–water partition coefficient (Wildman–Crippen LogP) is 3.69. The van der Waals surface area contributed by atoms with Crippen molar-refractivity contribution < 1.29 is 9.53 Å². The molecule has 0 bridgehead atoms. The van der Waals surface area contributed by atoms with Crippen molar-refractivity contribution in [1.82, 2.24) is 9.97 Å². The van der Waals surface area contributed by atoms with Gasteiger partial charge in [0.15, 0.2) is 10.9 Å². The smallest absolute Gasteiger partial charge is 0.187 e. The van der Waals surface area contributed by atoms with E-state index in [0.717, 1.165) is 24.1 Å². The van der Waals surface area contributed by atoms with Gasteiger partial charge in [-0.3, -0.25) is 4.79 Å². The summed E-state index contributed by atoms with van der Waals surface area (Å²) in [5.74, 6) is 0.107. The fraction of sp³-hybridized carbons (Fsp3) is 0.562. The lowest BCUT2D eigenvalue weighted by atomic mass is 10.1. The molecule has 21 heavy (non-hydrogen) atoms. The molecule has 0 aliphatic carbocycles. The number of ether oxygens (including phenoxy) is 1. The minimum Gasteiger partial charge on any atom is -0.377 e. The van der Waals surface area contributed by atoms with E-state index >= 15 is 0 Å². The van der Waals surface area contributed by atoms with Gasteiger partial charge in [-0.1, -0.05) is 32.0 Å². The summed E-state index contributed by atoms with van der Waals surface area (Å²) in [6, 6.07) is 0. The second kappa shape index (κ2) is 9.68. The molecule has 1 aromatic rings. The van der Waals surface area contributed by atoms with Gasteiger partial charge in [0.05, 0.1) is 12.3 Å². The SMILES string of the molecule is CCCCOC/C(=C/c1nc(SC)ncc1C)C(=O)CC. The summed E-state index contributed by atoms with van der Waals surface area (Å²) >= 11 is 1.49. The van der Waals surface area contributed by atoms with Gasteiger partial charge < -0.3 is 4.74 Å². The molecule has 0 fully saturated rings. The maximum atomic E-state index is 12.0. The molecule has 0 saturated carbocycles. The average molecular weight is 308 g/mol. The van der Waals surface area contributed by atoms with E-state index in [1.54, 1.807) is 6.20 Å². The largest absolute Gasteiger partial charge is 0.377 e. The molecule has 1 heterocycles. The summed E-state index contributed by atoms with van der Waals surface area (Å²) in [5, 5.41) is 0.710. The number of rotatable bonds is 9. The van der Waals surface area contributed by atoms with Crippen LogP contribution in [0, 0.1) is 6.92 Å². The molecule has 0 N–H and O–H groups in total. The Labute approximate surface area is 131 Å². The highest BCUT2D eigenvalue weighted by molar-refractivity contribution is 7.98. The molecule has 116 valence electrons. The van der Waals surface area contributed by atoms with E-state index in [1.165, 1.54) is 11.8 Å². The molecule has 1 rings (SSSR count). The van der Waals surface area contributed by atoms with Gasteiger partial charge >= 0.3 is 0 Å². The third-order valence-electron chi connectivity index (χ3n) is 3.06. The highest BCUT2D eigenvalue weighted by atomic mass is 32.2. The average Bonchev–Trinajstić information content (AvgIpc) is 2.51. The van der Waals surface area contributed by atoms with Crippen LogP contribution in [0.5, 0.6) is 0 Å². The van der Waals surface area contributed by atoms with Crippen LogP contribution in [-0.4, -0.2) is 35.2 Å². The van der Waals surface area contributed by atoms with Crippen molar-refractivity contribution in [3.8, 4) is 0 Å². The molecular formula is C16H24N2O2S. The van der Waals surface area contributed by atoms with Crippen molar-refractivity contribution in [1.29, 1.82) is 0 Å². The van der Waals surface area contributed by atoms with E-state index in [1.807, 2.05) is 26.2 Å². The van der Waals surface area contributed by atoms with Crippen LogP contribution in [-0.2, 0) is 9.53 Å². The number of nitrogens with zero attached hydrogens (tertiary/aromatic N) is 2. The fourth-order valence-electron chi connectivity index (χ4n) is 1.71. The molecule has 0 spiro atoms. The van der Waals surface area contributed by atoms with E-state index in [2.05, 4.69) is 16.9 Å². The molecule has 0 amide bonds. The predicted molar refractivity (Wildman–Crippen MR) is 87.6 cm³/mol. The molecule has 0 aliphatic heterocycles. The molecule has 5 heteroatoms. The van der Waals surface area contributed by atoms with Crippen molar-refractivity contribution in [2.45, 2.75) is 45.2 Å². The standard InChI is InChI=1S/C16H24N2O2S/c1-5-7-8-20-11-13(15(19)6-2)9-14-12(3)10-17-16(18-14)21-4/h9-10H,5-8,11H2,1-4H3/b13-9-. The molecule has 0 unspecified atom stereocenters. The number of hydrogen-bond acceptors (Lipinski definition) is 5. The molecule has 0 aromatic carbocycles. The normalized spacial score (nSPS) is 11.7. The van der Waals surface area contributed by atoms with Gasteiger partial charge in [-0.2, -0.15) is 0 Å². The zero-order valence-corrected chi connectivity index (χ0v) is 14.1. The molecule has 0 aliphatic rings. The Morgan fingerprint density at radius 1 is 1.43 bits per heavy atom. The van der Waals surface area contributed by atoms with Crippen LogP contribution >= 0.6 is 11.8 Å². The second-order valence-electron chi connectivity index (χ2n) is 4.78. The van der Waals surface area contributed by atoms with Gasteiger partial charge in [0.2, 0.25) is 0 Å². The molecular weight excluding hydrogens is 284 g/mol. The second-order valence-corrected chi connectivity index (χ2v) is 5.55. The number of aryl methyl sites for hydroxylation is 1. The van der Waals surface area contributed by atoms with Gasteiger partial charge in [0.1, 0.15) is 0 Å². The number of hydrogen-bond donors (Lipinski definition) is 0. The lowest BCUT2D eigenvalue weighted by Crippen LogP contribution is -2.09. The summed E-state index contributed by atoms with van der Waals surface area (Å²) in [6.07, 6.45) is 8.14. The Morgan fingerprint density at radius 3 is 2.81 bits per heavy atom. The third-order valence-corrected chi connectivity index (χ3v) is 3.62. The number of aromatic nitrogens is 2. The van der Waals surface area contributed by atoms with Gasteiger partial charge in [-0.05, 0) is 31.2 Å². The van der Waals surface area contributed by atoms with E-state index in [0.29, 0.717) is 30.4 Å². The van der Waals surface area contributed by atoms with Gasteiger partial charge in [0, 0.05) is 24.8 Å². The van der Waals surface area contributed by atoms with Crippen molar-refractivity contribution in [3.05, 3.63) is 23.0 Å². The first-order chi connectivity index (χ1) is 10.1. The quantitative estimate of drug-likeness (QED) is 0.301. The first-order valence-corrected chi connectivity index (χ1v) is 8.53. The van der Waals surface area contributed by atoms with Gasteiger partial charge in [-0.25, -0.2) is 9.97 Å². The van der Waals surface area contributed by atoms with Crippen LogP contribution in [0.25, 0.3) is 6.08 Å². The molecule has 4 nitrogen and oxygen atoms in total. The zero-order valence-electron chi connectivity index (χ0n) is 13.3. The molecule has 0 atom stereocenters. The zero-order chi connectivity index (χ0) is 15.7.